The number of quaternary nitrogens is 1. The summed E-state index contributed by atoms with van der Waals surface area (Å²) in [6.07, 6.45) is 47.3. The summed E-state index contributed by atoms with van der Waals surface area (Å²) in [5.41, 5.74) is 0.928. The molecule has 1 aromatic rings. The highest BCUT2D eigenvalue weighted by Gasteiger charge is 2.10. The molecule has 0 unspecified atom stereocenters. The SMILES string of the molecule is CCCCCCCCCCCCCCCCCCCCCCCCCCCCCCCCCC[N+](C)(C)CC.Cc1ccc(S(=O)(=O)[O-])cc1. The summed E-state index contributed by atoms with van der Waals surface area (Å²) in [6, 6.07) is 5.78. The van der Waals surface area contributed by atoms with Gasteiger partial charge in [0.25, 0.3) is 0 Å². The van der Waals surface area contributed by atoms with Gasteiger partial charge in [-0.1, -0.05) is 217 Å². The van der Waals surface area contributed by atoms with Gasteiger partial charge < -0.3 is 9.04 Å². The first-order valence-electron chi connectivity index (χ1n) is 22.0. The van der Waals surface area contributed by atoms with Crippen molar-refractivity contribution in [1.29, 1.82) is 0 Å². The van der Waals surface area contributed by atoms with Crippen molar-refractivity contribution < 1.29 is 17.5 Å². The van der Waals surface area contributed by atoms with Crippen LogP contribution >= 0.6 is 0 Å². The molecule has 0 bridgehead atoms. The lowest BCUT2D eigenvalue weighted by molar-refractivity contribution is -0.888. The van der Waals surface area contributed by atoms with Crippen LogP contribution < -0.4 is 0 Å². The summed E-state index contributed by atoms with van der Waals surface area (Å²) < 4.78 is 32.4. The van der Waals surface area contributed by atoms with Crippen LogP contribution in [0, 0.1) is 6.92 Å². The monoisotopic (exact) mass is 722 g/mol. The fourth-order valence-corrected chi connectivity index (χ4v) is 7.25. The van der Waals surface area contributed by atoms with Crippen LogP contribution in [0.25, 0.3) is 0 Å². The maximum absolute atomic E-state index is 10.4. The summed E-state index contributed by atoms with van der Waals surface area (Å²) in [5, 5.41) is 0. The number of nitrogens with zero attached hydrogens (tertiary/aromatic N) is 1. The minimum atomic E-state index is -4.27. The molecule has 0 saturated carbocycles. The molecule has 0 aliphatic heterocycles. The molecule has 296 valence electrons. The smallest absolute Gasteiger partial charge is 0.124 e. The number of hydrogen-bond donors (Lipinski definition) is 0. The van der Waals surface area contributed by atoms with Gasteiger partial charge in [-0.2, -0.15) is 0 Å². The summed E-state index contributed by atoms with van der Waals surface area (Å²) >= 11 is 0. The zero-order valence-corrected chi connectivity index (χ0v) is 35.2. The van der Waals surface area contributed by atoms with Gasteiger partial charge in [0.05, 0.1) is 32.1 Å². The highest BCUT2D eigenvalue weighted by atomic mass is 32.2. The van der Waals surface area contributed by atoms with Crippen molar-refractivity contribution in [3.8, 4) is 0 Å². The van der Waals surface area contributed by atoms with Crippen molar-refractivity contribution in [2.75, 3.05) is 27.2 Å². The number of aryl methyl sites for hydroxylation is 1. The zero-order valence-electron chi connectivity index (χ0n) is 34.4. The van der Waals surface area contributed by atoms with E-state index in [0.717, 1.165) is 5.56 Å². The molecule has 0 amide bonds. The lowest BCUT2D eigenvalue weighted by Crippen LogP contribution is -2.39. The molecule has 0 aromatic heterocycles. The van der Waals surface area contributed by atoms with E-state index in [1.807, 2.05) is 6.92 Å². The van der Waals surface area contributed by atoms with Crippen LogP contribution in [-0.4, -0.2) is 44.6 Å². The molecule has 0 aliphatic rings. The van der Waals surface area contributed by atoms with E-state index in [0.29, 0.717) is 0 Å². The molecule has 0 spiro atoms. The molecular formula is C45H87NO3S. The van der Waals surface area contributed by atoms with Crippen molar-refractivity contribution in [1.82, 2.24) is 0 Å². The molecule has 0 fully saturated rings. The Bertz CT molecular complexity index is 928. The van der Waals surface area contributed by atoms with Crippen LogP contribution in [0.2, 0.25) is 0 Å². The van der Waals surface area contributed by atoms with Crippen molar-refractivity contribution in [2.45, 2.75) is 231 Å². The third-order valence-electron chi connectivity index (χ3n) is 10.8. The van der Waals surface area contributed by atoms with Crippen LogP contribution in [0.4, 0.5) is 0 Å². The Morgan fingerprint density at radius 3 is 0.900 bits per heavy atom. The summed E-state index contributed by atoms with van der Waals surface area (Å²) in [7, 11) is 0.458. The van der Waals surface area contributed by atoms with Crippen LogP contribution in [0.15, 0.2) is 29.2 Å². The van der Waals surface area contributed by atoms with Gasteiger partial charge in [-0.15, -0.1) is 0 Å². The fraction of sp³-hybridized carbons (Fsp3) is 0.867. The highest BCUT2D eigenvalue weighted by Crippen LogP contribution is 2.17. The maximum Gasteiger partial charge on any atom is 0.124 e. The normalized spacial score (nSPS) is 11.9. The Balaban J connectivity index is 0.00000183. The Morgan fingerprint density at radius 2 is 0.680 bits per heavy atom. The second kappa shape index (κ2) is 35.1. The van der Waals surface area contributed by atoms with Crippen LogP contribution in [-0.2, 0) is 10.1 Å². The lowest BCUT2D eigenvalue weighted by Gasteiger charge is -2.28. The summed E-state index contributed by atoms with van der Waals surface area (Å²) in [5.74, 6) is 0. The molecule has 1 rings (SSSR count). The van der Waals surface area contributed by atoms with Crippen LogP contribution in [0.1, 0.15) is 225 Å². The Labute approximate surface area is 314 Å². The first kappa shape index (κ1) is 49.1. The molecule has 0 saturated heterocycles. The van der Waals surface area contributed by atoms with E-state index in [-0.39, 0.29) is 4.90 Å². The van der Waals surface area contributed by atoms with E-state index in [1.165, 1.54) is 235 Å². The number of benzene rings is 1. The molecule has 0 radical (unpaired) electrons. The van der Waals surface area contributed by atoms with Gasteiger partial charge in [0.1, 0.15) is 10.1 Å². The zero-order chi connectivity index (χ0) is 37.0. The van der Waals surface area contributed by atoms with Gasteiger partial charge >= 0.3 is 0 Å². The Kier molecular flexibility index (Phi) is 34.5. The number of hydrogen-bond acceptors (Lipinski definition) is 3. The molecule has 0 heterocycles. The molecule has 1 aromatic carbocycles. The molecule has 0 atom stereocenters. The maximum atomic E-state index is 10.4. The van der Waals surface area contributed by atoms with Crippen molar-refractivity contribution in [3.63, 3.8) is 0 Å². The molecule has 4 nitrogen and oxygen atoms in total. The van der Waals surface area contributed by atoms with Gasteiger partial charge in [-0.3, -0.25) is 0 Å². The quantitative estimate of drug-likeness (QED) is 0.0398. The summed E-state index contributed by atoms with van der Waals surface area (Å²) in [4.78, 5) is -0.178. The largest absolute Gasteiger partial charge is 0.744 e. The van der Waals surface area contributed by atoms with Gasteiger partial charge in [-0.25, -0.2) is 8.42 Å². The van der Waals surface area contributed by atoms with Gasteiger partial charge in [-0.05, 0) is 38.8 Å². The molecule has 0 aliphatic carbocycles. The van der Waals surface area contributed by atoms with Gasteiger partial charge in [0.2, 0.25) is 0 Å². The average Bonchev–Trinajstić information content (AvgIpc) is 3.09. The predicted molar refractivity (Wildman–Crippen MR) is 220 cm³/mol. The van der Waals surface area contributed by atoms with E-state index in [9.17, 15) is 13.0 Å². The van der Waals surface area contributed by atoms with Gasteiger partial charge in [0.15, 0.2) is 0 Å². The number of unbranched alkanes of at least 4 members (excludes halogenated alkanes) is 31. The first-order valence-corrected chi connectivity index (χ1v) is 23.4. The van der Waals surface area contributed by atoms with E-state index >= 15 is 0 Å². The third kappa shape index (κ3) is 35.5. The molecule has 50 heavy (non-hydrogen) atoms. The predicted octanol–water partition coefficient (Wildman–Crippen LogP) is 14.5. The minimum Gasteiger partial charge on any atom is -0.744 e. The van der Waals surface area contributed by atoms with E-state index in [2.05, 4.69) is 27.9 Å². The lowest BCUT2D eigenvalue weighted by atomic mass is 10.0. The van der Waals surface area contributed by atoms with Crippen LogP contribution in [0.3, 0.4) is 0 Å². The van der Waals surface area contributed by atoms with E-state index in [4.69, 9.17) is 0 Å². The Morgan fingerprint density at radius 1 is 0.440 bits per heavy atom. The Hall–Kier alpha value is -0.910. The average molecular weight is 722 g/mol. The second-order valence-corrected chi connectivity index (χ2v) is 17.6. The highest BCUT2D eigenvalue weighted by molar-refractivity contribution is 7.85. The number of rotatable bonds is 35. The van der Waals surface area contributed by atoms with E-state index < -0.39 is 10.1 Å². The van der Waals surface area contributed by atoms with Crippen LogP contribution in [0.5, 0.6) is 0 Å². The standard InChI is InChI=1S/C38H80N.C7H8O3S/c1-5-7-8-9-10-11-12-13-14-15-16-17-18-19-20-21-22-23-24-25-26-27-28-29-30-31-32-33-34-35-36-37-38-39(3,4)6-2;1-6-2-4-7(5-3-6)11(8,9)10/h5-38H2,1-4H3;2-5H,1H3,(H,8,9,10)/q+1;/p-1. The van der Waals surface area contributed by atoms with Crippen molar-refractivity contribution in [2.24, 2.45) is 0 Å². The third-order valence-corrected chi connectivity index (χ3v) is 11.6. The molecule has 0 N–H and O–H groups in total. The second-order valence-electron chi connectivity index (χ2n) is 16.2. The van der Waals surface area contributed by atoms with E-state index in [1.54, 1.807) is 12.1 Å². The molecular weight excluding hydrogens is 635 g/mol. The molecule has 5 heteroatoms. The van der Waals surface area contributed by atoms with Crippen molar-refractivity contribution >= 4 is 10.1 Å². The van der Waals surface area contributed by atoms with Crippen molar-refractivity contribution in [3.05, 3.63) is 29.8 Å². The fourth-order valence-electron chi connectivity index (χ4n) is 6.78. The van der Waals surface area contributed by atoms with Gasteiger partial charge in [0, 0.05) is 0 Å². The first-order chi connectivity index (χ1) is 24.1. The minimum absolute atomic E-state index is 0.178. The topological polar surface area (TPSA) is 57.2 Å². The summed E-state index contributed by atoms with van der Waals surface area (Å²) in [6.45, 7) is 9.06.